The first-order chi connectivity index (χ1) is 10.1. The number of amides is 2. The van der Waals surface area contributed by atoms with Crippen molar-refractivity contribution >= 4 is 12.0 Å². The van der Waals surface area contributed by atoms with Gasteiger partial charge in [-0.3, -0.25) is 4.79 Å². The molecule has 2 rings (SSSR count). The molecule has 1 saturated heterocycles. The molecule has 1 aromatic rings. The zero-order valence-corrected chi connectivity index (χ0v) is 11.5. The Labute approximate surface area is 122 Å². The summed E-state index contributed by atoms with van der Waals surface area (Å²) in [6, 6.07) is 4.96. The minimum atomic E-state index is -0.888. The predicted octanol–water partition coefficient (Wildman–Crippen LogP) is 1.07. The van der Waals surface area contributed by atoms with Crippen molar-refractivity contribution in [1.29, 1.82) is 5.26 Å². The number of nitrogens with one attached hydrogen (secondary N) is 1. The first kappa shape index (κ1) is 14.8. The van der Waals surface area contributed by atoms with Crippen LogP contribution < -0.4 is 5.32 Å². The van der Waals surface area contributed by atoms with E-state index < -0.39 is 6.09 Å². The van der Waals surface area contributed by atoms with Gasteiger partial charge in [0, 0.05) is 25.8 Å². The van der Waals surface area contributed by atoms with Gasteiger partial charge in [0.2, 0.25) is 0 Å². The van der Waals surface area contributed by atoms with Gasteiger partial charge in [0.15, 0.2) is 0 Å². The van der Waals surface area contributed by atoms with Crippen LogP contribution in [0.5, 0.6) is 0 Å². The minimum absolute atomic E-state index is 0.229. The molecule has 1 fully saturated rings. The van der Waals surface area contributed by atoms with E-state index in [4.69, 9.17) is 10.4 Å². The Morgan fingerprint density at radius 2 is 2.14 bits per heavy atom. The number of hydrogen-bond donors (Lipinski definition) is 2. The summed E-state index contributed by atoms with van der Waals surface area (Å²) in [5.74, 6) is 0.0588. The Morgan fingerprint density at radius 3 is 2.67 bits per heavy atom. The van der Waals surface area contributed by atoms with Crippen molar-refractivity contribution in [1.82, 2.24) is 15.2 Å². The third-order valence-corrected chi connectivity index (χ3v) is 3.58. The lowest BCUT2D eigenvalue weighted by atomic mass is 9.97. The number of nitrogens with zero attached hydrogens (tertiary/aromatic N) is 3. The first-order valence-electron chi connectivity index (χ1n) is 6.72. The quantitative estimate of drug-likeness (QED) is 0.865. The maximum Gasteiger partial charge on any atom is 0.407 e. The number of pyridine rings is 1. The number of rotatable bonds is 3. The van der Waals surface area contributed by atoms with E-state index in [1.165, 1.54) is 17.2 Å². The average molecular weight is 288 g/mol. The smallest absolute Gasteiger partial charge is 0.407 e. The SMILES string of the molecule is N#Cc1ccc(C(=O)NCC2CCN(C(=O)O)CC2)cn1. The van der Waals surface area contributed by atoms with Crippen LogP contribution in [0.1, 0.15) is 28.9 Å². The van der Waals surface area contributed by atoms with Crippen LogP contribution in [0.25, 0.3) is 0 Å². The lowest BCUT2D eigenvalue weighted by molar-refractivity contribution is 0.0928. The van der Waals surface area contributed by atoms with Gasteiger partial charge in [0.25, 0.3) is 5.91 Å². The van der Waals surface area contributed by atoms with Crippen molar-refractivity contribution in [2.24, 2.45) is 5.92 Å². The van der Waals surface area contributed by atoms with Gasteiger partial charge < -0.3 is 15.3 Å². The number of likely N-dealkylation sites (tertiary alicyclic amines) is 1. The fraction of sp³-hybridized carbons (Fsp3) is 0.429. The predicted molar refractivity (Wildman–Crippen MR) is 73.6 cm³/mol. The van der Waals surface area contributed by atoms with E-state index in [2.05, 4.69) is 10.3 Å². The molecule has 1 aromatic heterocycles. The third-order valence-electron chi connectivity index (χ3n) is 3.58. The molecule has 0 radical (unpaired) electrons. The summed E-state index contributed by atoms with van der Waals surface area (Å²) >= 11 is 0. The third kappa shape index (κ3) is 3.92. The van der Waals surface area contributed by atoms with E-state index in [0.717, 1.165) is 12.8 Å². The molecule has 7 heteroatoms. The second-order valence-electron chi connectivity index (χ2n) is 4.97. The summed E-state index contributed by atoms with van der Waals surface area (Å²) in [4.78, 5) is 28.0. The van der Waals surface area contributed by atoms with E-state index in [1.807, 2.05) is 6.07 Å². The summed E-state index contributed by atoms with van der Waals surface area (Å²) < 4.78 is 0. The Balaban J connectivity index is 1.79. The Bertz CT molecular complexity index is 557. The molecular weight excluding hydrogens is 272 g/mol. The number of aromatic nitrogens is 1. The van der Waals surface area contributed by atoms with Gasteiger partial charge in [0.1, 0.15) is 11.8 Å². The van der Waals surface area contributed by atoms with Gasteiger partial charge in [-0.2, -0.15) is 5.26 Å². The van der Waals surface area contributed by atoms with Crippen molar-refractivity contribution in [3.63, 3.8) is 0 Å². The molecule has 1 aliphatic rings. The summed E-state index contributed by atoms with van der Waals surface area (Å²) in [7, 11) is 0. The second-order valence-corrected chi connectivity index (χ2v) is 4.97. The molecule has 110 valence electrons. The van der Waals surface area contributed by atoms with Gasteiger partial charge in [0.05, 0.1) is 5.56 Å². The Hall–Kier alpha value is -2.62. The topological polar surface area (TPSA) is 106 Å². The van der Waals surface area contributed by atoms with Crippen molar-refractivity contribution in [2.75, 3.05) is 19.6 Å². The summed E-state index contributed by atoms with van der Waals surface area (Å²) in [6.45, 7) is 1.54. The standard InChI is InChI=1S/C14H16N4O3/c15-7-12-2-1-11(9-16-12)13(19)17-8-10-3-5-18(6-4-10)14(20)21/h1-2,9-10H,3-6,8H2,(H,17,19)(H,20,21). The number of carbonyl (C=O) groups is 2. The molecule has 0 aromatic carbocycles. The average Bonchev–Trinajstić information content (AvgIpc) is 2.53. The van der Waals surface area contributed by atoms with Crippen LogP contribution in [0.3, 0.4) is 0 Å². The molecule has 2 heterocycles. The number of carboxylic acid groups (broad SMARTS) is 1. The highest BCUT2D eigenvalue weighted by molar-refractivity contribution is 5.93. The lowest BCUT2D eigenvalue weighted by Gasteiger charge is -2.29. The monoisotopic (exact) mass is 288 g/mol. The van der Waals surface area contributed by atoms with Gasteiger partial charge >= 0.3 is 6.09 Å². The molecule has 7 nitrogen and oxygen atoms in total. The Kier molecular flexibility index (Phi) is 4.72. The normalized spacial score (nSPS) is 15.3. The maximum atomic E-state index is 11.9. The summed E-state index contributed by atoms with van der Waals surface area (Å²) in [6.07, 6.45) is 1.98. The number of carbonyl (C=O) groups excluding carboxylic acids is 1. The highest BCUT2D eigenvalue weighted by Gasteiger charge is 2.22. The Morgan fingerprint density at radius 1 is 1.43 bits per heavy atom. The highest BCUT2D eigenvalue weighted by atomic mass is 16.4. The van der Waals surface area contributed by atoms with Gasteiger partial charge in [-0.1, -0.05) is 0 Å². The molecule has 2 amide bonds. The zero-order valence-electron chi connectivity index (χ0n) is 11.5. The number of hydrogen-bond acceptors (Lipinski definition) is 4. The molecule has 2 N–H and O–H groups in total. The van der Waals surface area contributed by atoms with Gasteiger partial charge in [-0.15, -0.1) is 0 Å². The molecule has 21 heavy (non-hydrogen) atoms. The van der Waals surface area contributed by atoms with E-state index in [0.29, 0.717) is 25.2 Å². The molecule has 0 saturated carbocycles. The summed E-state index contributed by atoms with van der Waals surface area (Å²) in [5, 5.41) is 20.3. The van der Waals surface area contributed by atoms with Crippen LogP contribution in [-0.4, -0.2) is 46.6 Å². The number of nitriles is 1. The van der Waals surface area contributed by atoms with Gasteiger partial charge in [-0.05, 0) is 30.9 Å². The first-order valence-corrected chi connectivity index (χ1v) is 6.72. The molecule has 1 aliphatic heterocycles. The zero-order chi connectivity index (χ0) is 15.2. The van der Waals surface area contributed by atoms with Crippen LogP contribution in [0.2, 0.25) is 0 Å². The van der Waals surface area contributed by atoms with Crippen LogP contribution in [-0.2, 0) is 0 Å². The highest BCUT2D eigenvalue weighted by Crippen LogP contribution is 2.16. The maximum absolute atomic E-state index is 11.9. The fourth-order valence-electron chi connectivity index (χ4n) is 2.26. The van der Waals surface area contributed by atoms with Crippen molar-refractivity contribution in [3.8, 4) is 6.07 Å². The van der Waals surface area contributed by atoms with Crippen LogP contribution >= 0.6 is 0 Å². The summed E-state index contributed by atoms with van der Waals surface area (Å²) in [5.41, 5.74) is 0.685. The van der Waals surface area contributed by atoms with Crippen molar-refractivity contribution in [3.05, 3.63) is 29.6 Å². The van der Waals surface area contributed by atoms with Crippen LogP contribution in [0.4, 0.5) is 4.79 Å². The lowest BCUT2D eigenvalue weighted by Crippen LogP contribution is -2.40. The molecule has 0 spiro atoms. The number of piperidine rings is 1. The molecule has 0 atom stereocenters. The van der Waals surface area contributed by atoms with E-state index in [1.54, 1.807) is 6.07 Å². The van der Waals surface area contributed by atoms with E-state index in [9.17, 15) is 9.59 Å². The second kappa shape index (κ2) is 6.70. The van der Waals surface area contributed by atoms with E-state index >= 15 is 0 Å². The van der Waals surface area contributed by atoms with Crippen molar-refractivity contribution in [2.45, 2.75) is 12.8 Å². The van der Waals surface area contributed by atoms with Crippen molar-refractivity contribution < 1.29 is 14.7 Å². The minimum Gasteiger partial charge on any atom is -0.465 e. The molecule has 0 bridgehead atoms. The van der Waals surface area contributed by atoms with E-state index in [-0.39, 0.29) is 17.5 Å². The molecule has 0 aliphatic carbocycles. The fourth-order valence-corrected chi connectivity index (χ4v) is 2.26. The molecular formula is C14H16N4O3. The van der Waals surface area contributed by atoms with Crippen LogP contribution in [0.15, 0.2) is 18.3 Å². The van der Waals surface area contributed by atoms with Gasteiger partial charge in [-0.25, -0.2) is 9.78 Å². The largest absolute Gasteiger partial charge is 0.465 e. The molecule has 0 unspecified atom stereocenters. The van der Waals surface area contributed by atoms with Crippen LogP contribution in [0, 0.1) is 17.2 Å².